The summed E-state index contributed by atoms with van der Waals surface area (Å²) in [5.74, 6) is -1.10. The molecule has 2 heterocycles. The van der Waals surface area contributed by atoms with Gasteiger partial charge in [-0.2, -0.15) is 13.2 Å². The maximum absolute atomic E-state index is 14.7. The van der Waals surface area contributed by atoms with Gasteiger partial charge in [-0.1, -0.05) is 43.2 Å². The number of ether oxygens (including phenoxy) is 1. The SMILES string of the molecule is CC(C)N(C(=O)c1cc2c(cc1C(F)(F)F)CC1(CCCC1)C(=O)N2CCNC(=O)OCc1ccccc1)[C@@H]1CCCN(C(=O)O)C1. The fraction of sp³-hybridized carbons (Fsp3) is 0.529. The third kappa shape index (κ3) is 7.33. The van der Waals surface area contributed by atoms with Crippen LogP contribution >= 0.6 is 0 Å². The number of benzene rings is 2. The molecule has 10 nitrogen and oxygen atoms in total. The highest BCUT2D eigenvalue weighted by Crippen LogP contribution is 2.49. The van der Waals surface area contributed by atoms with Crippen molar-refractivity contribution in [3.8, 4) is 0 Å². The summed E-state index contributed by atoms with van der Waals surface area (Å²) in [5.41, 5.74) is -1.18. The molecule has 4 amide bonds. The molecule has 1 saturated heterocycles. The number of amides is 4. The van der Waals surface area contributed by atoms with E-state index in [0.717, 1.165) is 24.5 Å². The molecule has 0 unspecified atom stereocenters. The molecule has 3 aliphatic rings. The van der Waals surface area contributed by atoms with Gasteiger partial charge in [0.25, 0.3) is 5.91 Å². The van der Waals surface area contributed by atoms with Crippen LogP contribution in [-0.4, -0.2) is 77.2 Å². The van der Waals surface area contributed by atoms with E-state index in [1.807, 2.05) is 30.3 Å². The Balaban J connectivity index is 1.46. The van der Waals surface area contributed by atoms with Crippen LogP contribution in [0.5, 0.6) is 0 Å². The summed E-state index contributed by atoms with van der Waals surface area (Å²) >= 11 is 0. The standard InChI is InChI=1S/C34H41F3N4O6/c1-22(2)41(25-11-8-15-39(20-25)32(45)46)29(42)26-18-28-24(17-27(26)34(35,36)37)19-33(12-6-7-13-33)30(43)40(28)16-14-38-31(44)47-21-23-9-4-3-5-10-23/h3-5,9-10,17-18,22,25H,6-8,11-16,19-21H2,1-2H3,(H,38,44)(H,45,46)/t25-/m1/s1. The molecular weight excluding hydrogens is 617 g/mol. The van der Waals surface area contributed by atoms with E-state index in [1.54, 1.807) is 13.8 Å². The van der Waals surface area contributed by atoms with Gasteiger partial charge in [0.1, 0.15) is 6.61 Å². The molecule has 13 heteroatoms. The lowest BCUT2D eigenvalue weighted by Gasteiger charge is -2.42. The molecule has 1 atom stereocenters. The normalized spacial score (nSPS) is 19.1. The number of anilines is 1. The van der Waals surface area contributed by atoms with Gasteiger partial charge in [-0.15, -0.1) is 0 Å². The molecule has 5 rings (SSSR count). The molecule has 0 bridgehead atoms. The van der Waals surface area contributed by atoms with Crippen molar-refractivity contribution in [1.82, 2.24) is 15.1 Å². The number of alkyl carbamates (subject to hydrolysis) is 1. The Labute approximate surface area is 271 Å². The summed E-state index contributed by atoms with van der Waals surface area (Å²) in [6.45, 7) is 3.64. The molecule has 254 valence electrons. The lowest BCUT2D eigenvalue weighted by Crippen LogP contribution is -2.54. The summed E-state index contributed by atoms with van der Waals surface area (Å²) in [6, 6.07) is 10.1. The van der Waals surface area contributed by atoms with Crippen molar-refractivity contribution in [1.29, 1.82) is 0 Å². The van der Waals surface area contributed by atoms with Gasteiger partial charge in [0.05, 0.1) is 22.6 Å². The Morgan fingerprint density at radius 1 is 1.11 bits per heavy atom. The number of hydrogen-bond acceptors (Lipinski definition) is 5. The molecule has 47 heavy (non-hydrogen) atoms. The summed E-state index contributed by atoms with van der Waals surface area (Å²) in [4.78, 5) is 56.2. The first-order chi connectivity index (χ1) is 22.3. The van der Waals surface area contributed by atoms with Crippen LogP contribution < -0.4 is 10.2 Å². The van der Waals surface area contributed by atoms with Crippen LogP contribution in [0.3, 0.4) is 0 Å². The largest absolute Gasteiger partial charge is 0.465 e. The molecule has 2 aromatic rings. The highest BCUT2D eigenvalue weighted by atomic mass is 19.4. The van der Waals surface area contributed by atoms with E-state index in [-0.39, 0.29) is 50.8 Å². The van der Waals surface area contributed by atoms with E-state index >= 15 is 0 Å². The first-order valence-corrected chi connectivity index (χ1v) is 16.1. The van der Waals surface area contributed by atoms with Gasteiger partial charge < -0.3 is 29.9 Å². The van der Waals surface area contributed by atoms with E-state index in [2.05, 4.69) is 5.32 Å². The third-order valence-corrected chi connectivity index (χ3v) is 9.50. The zero-order valence-corrected chi connectivity index (χ0v) is 26.6. The maximum Gasteiger partial charge on any atom is 0.417 e. The Bertz CT molecular complexity index is 1490. The zero-order valence-electron chi connectivity index (χ0n) is 26.6. The average molecular weight is 659 g/mol. The van der Waals surface area contributed by atoms with Crippen LogP contribution in [0.15, 0.2) is 42.5 Å². The van der Waals surface area contributed by atoms with Crippen LogP contribution in [0.1, 0.15) is 79.4 Å². The fourth-order valence-electron chi connectivity index (χ4n) is 7.30. The van der Waals surface area contributed by atoms with Crippen molar-refractivity contribution < 1.29 is 42.2 Å². The number of rotatable bonds is 8. The number of carboxylic acid groups (broad SMARTS) is 1. The van der Waals surface area contributed by atoms with Crippen molar-refractivity contribution in [3.05, 3.63) is 64.7 Å². The second-order valence-electron chi connectivity index (χ2n) is 13.0. The number of halogens is 3. The molecule has 1 aliphatic carbocycles. The lowest BCUT2D eigenvalue weighted by atomic mass is 9.74. The molecular formula is C34H41F3N4O6. The van der Waals surface area contributed by atoms with Crippen LogP contribution in [0, 0.1) is 5.41 Å². The number of carbonyl (C=O) groups excluding carboxylic acids is 3. The number of piperidine rings is 1. The van der Waals surface area contributed by atoms with Crippen molar-refractivity contribution in [2.75, 3.05) is 31.1 Å². The molecule has 1 spiro atoms. The first kappa shape index (κ1) is 34.1. The van der Waals surface area contributed by atoms with Gasteiger partial charge in [0, 0.05) is 37.9 Å². The topological polar surface area (TPSA) is 119 Å². The van der Waals surface area contributed by atoms with Crippen LogP contribution in [0.25, 0.3) is 0 Å². The van der Waals surface area contributed by atoms with Crippen LogP contribution in [0.2, 0.25) is 0 Å². The summed E-state index contributed by atoms with van der Waals surface area (Å²) < 4.78 is 49.3. The zero-order chi connectivity index (χ0) is 33.9. The highest BCUT2D eigenvalue weighted by molar-refractivity contribution is 6.04. The van der Waals surface area contributed by atoms with Gasteiger partial charge in [-0.25, -0.2) is 9.59 Å². The van der Waals surface area contributed by atoms with Gasteiger partial charge in [0.2, 0.25) is 5.91 Å². The Hall–Kier alpha value is -4.29. The number of likely N-dealkylation sites (tertiary alicyclic amines) is 1. The summed E-state index contributed by atoms with van der Waals surface area (Å²) in [7, 11) is 0. The Kier molecular flexibility index (Phi) is 10.0. The molecule has 2 aromatic carbocycles. The summed E-state index contributed by atoms with van der Waals surface area (Å²) in [6.07, 6.45) is -3.03. The third-order valence-electron chi connectivity index (χ3n) is 9.50. The van der Waals surface area contributed by atoms with E-state index in [1.165, 1.54) is 20.8 Å². The van der Waals surface area contributed by atoms with E-state index in [4.69, 9.17) is 4.74 Å². The average Bonchev–Trinajstić information content (AvgIpc) is 3.50. The molecule has 2 aliphatic heterocycles. The molecule has 0 radical (unpaired) electrons. The quantitative estimate of drug-likeness (QED) is 0.355. The summed E-state index contributed by atoms with van der Waals surface area (Å²) in [5, 5.41) is 12.2. The smallest absolute Gasteiger partial charge is 0.417 e. The number of nitrogens with one attached hydrogen (secondary N) is 1. The second kappa shape index (κ2) is 13.8. The maximum atomic E-state index is 14.7. The lowest BCUT2D eigenvalue weighted by molar-refractivity contribution is -0.138. The predicted molar refractivity (Wildman–Crippen MR) is 167 cm³/mol. The molecule has 1 saturated carbocycles. The molecule has 0 aromatic heterocycles. The number of carbonyl (C=O) groups is 4. The number of alkyl halides is 3. The Morgan fingerprint density at radius 2 is 1.81 bits per heavy atom. The number of hydrogen-bond donors (Lipinski definition) is 2. The molecule has 2 fully saturated rings. The van der Waals surface area contributed by atoms with Crippen LogP contribution in [0.4, 0.5) is 28.4 Å². The van der Waals surface area contributed by atoms with Gasteiger partial charge in [-0.05, 0) is 69.2 Å². The second-order valence-corrected chi connectivity index (χ2v) is 13.0. The number of nitrogens with zero attached hydrogens (tertiary/aromatic N) is 3. The van der Waals surface area contributed by atoms with Crippen molar-refractivity contribution >= 4 is 29.7 Å². The van der Waals surface area contributed by atoms with Gasteiger partial charge in [0.15, 0.2) is 0 Å². The fourth-order valence-corrected chi connectivity index (χ4v) is 7.30. The van der Waals surface area contributed by atoms with E-state index < -0.39 is 52.9 Å². The van der Waals surface area contributed by atoms with Gasteiger partial charge >= 0.3 is 18.4 Å². The Morgan fingerprint density at radius 3 is 2.45 bits per heavy atom. The van der Waals surface area contributed by atoms with Crippen molar-refractivity contribution in [2.45, 2.75) is 83.7 Å². The predicted octanol–water partition coefficient (Wildman–Crippen LogP) is 6.07. The first-order valence-electron chi connectivity index (χ1n) is 16.1. The minimum Gasteiger partial charge on any atom is -0.465 e. The van der Waals surface area contributed by atoms with Crippen LogP contribution in [-0.2, 0) is 28.7 Å². The minimum atomic E-state index is -4.86. The number of fused-ring (bicyclic) bond motifs is 1. The van der Waals surface area contributed by atoms with E-state index in [9.17, 15) is 37.5 Å². The monoisotopic (exact) mass is 658 g/mol. The minimum absolute atomic E-state index is 0.00921. The molecule has 2 N–H and O–H groups in total. The van der Waals surface area contributed by atoms with Crippen molar-refractivity contribution in [3.63, 3.8) is 0 Å². The van der Waals surface area contributed by atoms with E-state index in [0.29, 0.717) is 31.2 Å². The highest BCUT2D eigenvalue weighted by Gasteiger charge is 2.49. The van der Waals surface area contributed by atoms with Crippen molar-refractivity contribution in [2.24, 2.45) is 5.41 Å². The van der Waals surface area contributed by atoms with Gasteiger partial charge in [-0.3, -0.25) is 9.59 Å².